The number of anilines is 1. The summed E-state index contributed by atoms with van der Waals surface area (Å²) in [5.41, 5.74) is 1.24. The lowest BCUT2D eigenvalue weighted by Gasteiger charge is -2.37. The molecule has 1 fully saturated rings. The monoisotopic (exact) mass is 398 g/mol. The van der Waals surface area contributed by atoms with Gasteiger partial charge in [0.25, 0.3) is 0 Å². The van der Waals surface area contributed by atoms with Crippen molar-refractivity contribution >= 4 is 11.6 Å². The van der Waals surface area contributed by atoms with Gasteiger partial charge in [-0.05, 0) is 37.1 Å². The van der Waals surface area contributed by atoms with Gasteiger partial charge in [-0.1, -0.05) is 13.8 Å². The highest BCUT2D eigenvalue weighted by Crippen LogP contribution is 2.20. The number of imidazole rings is 1. The Labute approximate surface area is 174 Å². The van der Waals surface area contributed by atoms with Crippen molar-refractivity contribution in [3.63, 3.8) is 0 Å². The molecule has 2 heterocycles. The van der Waals surface area contributed by atoms with Crippen molar-refractivity contribution < 1.29 is 4.74 Å². The average molecular weight is 399 g/mol. The van der Waals surface area contributed by atoms with Crippen LogP contribution in [-0.2, 0) is 13.1 Å². The Hall–Kier alpha value is -2.70. The van der Waals surface area contributed by atoms with E-state index in [9.17, 15) is 0 Å². The van der Waals surface area contributed by atoms with Crippen molar-refractivity contribution in [1.82, 2.24) is 19.8 Å². The van der Waals surface area contributed by atoms with Gasteiger partial charge in [-0.15, -0.1) is 0 Å². The summed E-state index contributed by atoms with van der Waals surface area (Å²) in [6, 6.07) is 8.30. The van der Waals surface area contributed by atoms with Gasteiger partial charge in [0.05, 0.1) is 7.11 Å². The van der Waals surface area contributed by atoms with Crippen molar-refractivity contribution in [2.45, 2.75) is 33.9 Å². The van der Waals surface area contributed by atoms with Crippen LogP contribution in [-0.4, -0.2) is 60.2 Å². The zero-order valence-corrected chi connectivity index (χ0v) is 18.1. The van der Waals surface area contributed by atoms with Crippen LogP contribution in [0.1, 0.15) is 26.6 Å². The Kier molecular flexibility index (Phi) is 7.38. The van der Waals surface area contributed by atoms with E-state index in [1.165, 1.54) is 5.69 Å². The number of piperazine rings is 1. The van der Waals surface area contributed by atoms with Gasteiger partial charge in [0.2, 0.25) is 0 Å². The van der Waals surface area contributed by atoms with Crippen LogP contribution >= 0.6 is 0 Å². The van der Waals surface area contributed by atoms with E-state index in [0.29, 0.717) is 12.5 Å². The molecule has 0 spiro atoms. The largest absolute Gasteiger partial charge is 0.497 e. The number of ether oxygens (including phenoxy) is 1. The maximum atomic E-state index is 5.26. The van der Waals surface area contributed by atoms with Crippen LogP contribution in [0.2, 0.25) is 0 Å². The number of rotatable bonds is 7. The summed E-state index contributed by atoms with van der Waals surface area (Å²) in [6.45, 7) is 12.8. The third kappa shape index (κ3) is 5.65. The van der Waals surface area contributed by atoms with Gasteiger partial charge >= 0.3 is 0 Å². The van der Waals surface area contributed by atoms with Crippen LogP contribution in [0.5, 0.6) is 5.75 Å². The molecule has 0 saturated carbocycles. The van der Waals surface area contributed by atoms with Gasteiger partial charge in [-0.25, -0.2) is 9.98 Å². The fraction of sp³-hybridized carbons (Fsp3) is 0.545. The number of nitrogens with one attached hydrogen (secondary N) is 1. The van der Waals surface area contributed by atoms with Crippen LogP contribution in [0.15, 0.2) is 41.7 Å². The van der Waals surface area contributed by atoms with Gasteiger partial charge in [0, 0.05) is 57.3 Å². The molecule has 7 heteroatoms. The van der Waals surface area contributed by atoms with E-state index in [1.807, 2.05) is 24.5 Å². The number of guanidine groups is 1. The lowest BCUT2D eigenvalue weighted by atomic mass is 10.2. The first-order valence-corrected chi connectivity index (χ1v) is 10.5. The third-order valence-electron chi connectivity index (χ3n) is 5.09. The van der Waals surface area contributed by atoms with E-state index in [-0.39, 0.29) is 0 Å². The number of benzene rings is 1. The summed E-state index contributed by atoms with van der Waals surface area (Å²) in [5.74, 6) is 3.47. The van der Waals surface area contributed by atoms with Crippen LogP contribution < -0.4 is 15.0 Å². The second-order valence-corrected chi connectivity index (χ2v) is 7.73. The highest BCUT2D eigenvalue weighted by Gasteiger charge is 2.20. The van der Waals surface area contributed by atoms with Crippen molar-refractivity contribution in [2.75, 3.05) is 44.7 Å². The lowest BCUT2D eigenvalue weighted by Crippen LogP contribution is -2.52. The number of aliphatic imine (C=N–C) groups is 1. The molecule has 29 heavy (non-hydrogen) atoms. The molecule has 1 aliphatic rings. The van der Waals surface area contributed by atoms with Gasteiger partial charge in [0.15, 0.2) is 5.96 Å². The SMILES string of the molecule is CCNC(=NCc1nccn1CC(C)C)N1CCN(c2ccc(OC)cc2)CC1. The lowest BCUT2D eigenvalue weighted by molar-refractivity contribution is 0.372. The molecule has 1 aromatic heterocycles. The molecule has 0 atom stereocenters. The van der Waals surface area contributed by atoms with E-state index < -0.39 is 0 Å². The molecule has 0 aliphatic carbocycles. The molecule has 0 amide bonds. The van der Waals surface area contributed by atoms with E-state index >= 15 is 0 Å². The fourth-order valence-electron chi connectivity index (χ4n) is 3.59. The van der Waals surface area contributed by atoms with Gasteiger partial charge < -0.3 is 24.4 Å². The predicted octanol–water partition coefficient (Wildman–Crippen LogP) is 2.84. The first kappa shape index (κ1) is 21.0. The predicted molar refractivity (Wildman–Crippen MR) is 119 cm³/mol. The highest BCUT2D eigenvalue weighted by molar-refractivity contribution is 5.80. The van der Waals surface area contributed by atoms with Crippen molar-refractivity contribution in [1.29, 1.82) is 0 Å². The smallest absolute Gasteiger partial charge is 0.194 e. The van der Waals surface area contributed by atoms with Crippen LogP contribution in [0.3, 0.4) is 0 Å². The van der Waals surface area contributed by atoms with Crippen molar-refractivity contribution in [3.8, 4) is 5.75 Å². The zero-order valence-electron chi connectivity index (χ0n) is 18.1. The fourth-order valence-corrected chi connectivity index (χ4v) is 3.59. The standard InChI is InChI=1S/C22H34N6O/c1-5-23-22(25-16-21-24-10-11-28(21)17-18(2)3)27-14-12-26(13-15-27)19-6-8-20(29-4)9-7-19/h6-11,18H,5,12-17H2,1-4H3,(H,23,25). The number of hydrogen-bond acceptors (Lipinski definition) is 4. The summed E-state index contributed by atoms with van der Waals surface area (Å²) in [5, 5.41) is 3.45. The maximum Gasteiger partial charge on any atom is 0.194 e. The van der Waals surface area contributed by atoms with Crippen LogP contribution in [0.4, 0.5) is 5.69 Å². The van der Waals surface area contributed by atoms with Gasteiger partial charge in [-0.2, -0.15) is 0 Å². The van der Waals surface area contributed by atoms with E-state index in [0.717, 1.165) is 56.8 Å². The van der Waals surface area contributed by atoms with Crippen molar-refractivity contribution in [2.24, 2.45) is 10.9 Å². The van der Waals surface area contributed by atoms with E-state index in [2.05, 4.69) is 57.6 Å². The molecule has 3 rings (SSSR count). The molecule has 0 bridgehead atoms. The molecular formula is C22H34N6O. The quantitative estimate of drug-likeness (QED) is 0.574. The molecule has 0 unspecified atom stereocenters. The third-order valence-corrected chi connectivity index (χ3v) is 5.09. The molecule has 1 N–H and O–H groups in total. The zero-order chi connectivity index (χ0) is 20.6. The average Bonchev–Trinajstić information content (AvgIpc) is 3.17. The summed E-state index contributed by atoms with van der Waals surface area (Å²) in [7, 11) is 1.70. The molecule has 1 saturated heterocycles. The molecule has 2 aromatic rings. The minimum atomic E-state index is 0.589. The van der Waals surface area contributed by atoms with E-state index in [4.69, 9.17) is 9.73 Å². The summed E-state index contributed by atoms with van der Waals surface area (Å²) in [6.07, 6.45) is 3.92. The Balaban J connectivity index is 1.61. The van der Waals surface area contributed by atoms with Crippen LogP contribution in [0.25, 0.3) is 0 Å². The number of nitrogens with zero attached hydrogens (tertiary/aromatic N) is 5. The first-order chi connectivity index (χ1) is 14.1. The van der Waals surface area contributed by atoms with E-state index in [1.54, 1.807) is 7.11 Å². The van der Waals surface area contributed by atoms with Gasteiger partial charge in [-0.3, -0.25) is 0 Å². The second kappa shape index (κ2) is 10.2. The molecule has 7 nitrogen and oxygen atoms in total. The summed E-state index contributed by atoms with van der Waals surface area (Å²) < 4.78 is 7.47. The molecule has 1 aromatic carbocycles. The molecule has 1 aliphatic heterocycles. The Morgan fingerprint density at radius 2 is 1.90 bits per heavy atom. The second-order valence-electron chi connectivity index (χ2n) is 7.73. The molecule has 158 valence electrons. The topological polar surface area (TPSA) is 57.9 Å². The molecular weight excluding hydrogens is 364 g/mol. The minimum Gasteiger partial charge on any atom is -0.497 e. The van der Waals surface area contributed by atoms with Crippen LogP contribution in [0, 0.1) is 5.92 Å². The Morgan fingerprint density at radius 1 is 1.17 bits per heavy atom. The number of methoxy groups -OCH3 is 1. The van der Waals surface area contributed by atoms with Crippen molar-refractivity contribution in [3.05, 3.63) is 42.5 Å². The number of aromatic nitrogens is 2. The number of hydrogen-bond donors (Lipinski definition) is 1. The Bertz CT molecular complexity index is 775. The summed E-state index contributed by atoms with van der Waals surface area (Å²) in [4.78, 5) is 14.1. The normalized spacial score (nSPS) is 15.1. The maximum absolute atomic E-state index is 5.26. The summed E-state index contributed by atoms with van der Waals surface area (Å²) >= 11 is 0. The first-order valence-electron chi connectivity index (χ1n) is 10.5. The minimum absolute atomic E-state index is 0.589. The Morgan fingerprint density at radius 3 is 2.52 bits per heavy atom. The molecule has 0 radical (unpaired) electrons. The van der Waals surface area contributed by atoms with Gasteiger partial charge in [0.1, 0.15) is 18.1 Å². The highest BCUT2D eigenvalue weighted by atomic mass is 16.5.